The maximum atomic E-state index is 13.7. The van der Waals surface area contributed by atoms with Gasteiger partial charge in [0.1, 0.15) is 5.82 Å². The fourth-order valence-corrected chi connectivity index (χ4v) is 3.12. The number of likely N-dealkylation sites (tertiary alicyclic amines) is 1. The smallest absolute Gasteiger partial charge is 0.193 e. The predicted octanol–water partition coefficient (Wildman–Crippen LogP) is 3.45. The Morgan fingerprint density at radius 2 is 2.11 bits per heavy atom. The van der Waals surface area contributed by atoms with E-state index in [0.29, 0.717) is 24.8 Å². The Kier molecular flexibility index (Phi) is 8.93. The van der Waals surface area contributed by atoms with E-state index in [-0.39, 0.29) is 29.8 Å². The molecule has 1 aliphatic heterocycles. The van der Waals surface area contributed by atoms with Crippen LogP contribution in [0.4, 0.5) is 4.39 Å². The van der Waals surface area contributed by atoms with Gasteiger partial charge in [0, 0.05) is 32.3 Å². The molecule has 2 heterocycles. The summed E-state index contributed by atoms with van der Waals surface area (Å²) in [6.07, 6.45) is 2.66. The van der Waals surface area contributed by atoms with Crippen LogP contribution in [0.2, 0.25) is 0 Å². The van der Waals surface area contributed by atoms with E-state index in [1.165, 1.54) is 11.6 Å². The summed E-state index contributed by atoms with van der Waals surface area (Å²) >= 11 is 0. The highest BCUT2D eigenvalue weighted by molar-refractivity contribution is 14.0. The molecule has 1 aliphatic rings. The SMILES string of the molecule is CN=C(NCc1ncccc1F)N1CCC(COCc2ccccc2)C1.I. The molecular formula is C20H26FIN4O. The Labute approximate surface area is 177 Å². The highest BCUT2D eigenvalue weighted by atomic mass is 127. The fourth-order valence-electron chi connectivity index (χ4n) is 3.12. The van der Waals surface area contributed by atoms with Crippen LogP contribution in [-0.4, -0.2) is 42.6 Å². The van der Waals surface area contributed by atoms with E-state index in [1.807, 2.05) is 18.2 Å². The van der Waals surface area contributed by atoms with Crippen LogP contribution in [0.3, 0.4) is 0 Å². The maximum Gasteiger partial charge on any atom is 0.193 e. The molecule has 0 radical (unpaired) electrons. The fraction of sp³-hybridized carbons (Fsp3) is 0.400. The summed E-state index contributed by atoms with van der Waals surface area (Å²) in [5.74, 6) is 0.952. The van der Waals surface area contributed by atoms with Crippen LogP contribution in [0.15, 0.2) is 53.7 Å². The molecule has 0 amide bonds. The number of rotatable bonds is 6. The first-order valence-corrected chi connectivity index (χ1v) is 8.93. The molecule has 146 valence electrons. The molecule has 3 rings (SSSR count). The van der Waals surface area contributed by atoms with E-state index >= 15 is 0 Å². The lowest BCUT2D eigenvalue weighted by molar-refractivity contribution is 0.0906. The second-order valence-electron chi connectivity index (χ2n) is 6.43. The highest BCUT2D eigenvalue weighted by Gasteiger charge is 2.25. The number of aromatic nitrogens is 1. The van der Waals surface area contributed by atoms with Crippen molar-refractivity contribution in [3.8, 4) is 0 Å². The molecule has 5 nitrogen and oxygen atoms in total. The Balaban J connectivity index is 0.00000261. The summed E-state index contributed by atoms with van der Waals surface area (Å²) in [5.41, 5.74) is 1.59. The van der Waals surface area contributed by atoms with E-state index in [9.17, 15) is 4.39 Å². The van der Waals surface area contributed by atoms with Crippen molar-refractivity contribution in [2.45, 2.75) is 19.6 Å². The van der Waals surface area contributed by atoms with Crippen molar-refractivity contribution in [3.05, 3.63) is 65.7 Å². The van der Waals surface area contributed by atoms with Gasteiger partial charge in [-0.05, 0) is 24.1 Å². The Morgan fingerprint density at radius 3 is 2.85 bits per heavy atom. The van der Waals surface area contributed by atoms with Gasteiger partial charge in [-0.3, -0.25) is 9.98 Å². The van der Waals surface area contributed by atoms with Crippen molar-refractivity contribution in [1.82, 2.24) is 15.2 Å². The normalized spacial score (nSPS) is 16.9. The first-order chi connectivity index (χ1) is 12.8. The molecule has 2 aromatic rings. The van der Waals surface area contributed by atoms with Crippen LogP contribution in [0.1, 0.15) is 17.7 Å². The molecule has 0 bridgehead atoms. The number of guanidine groups is 1. The van der Waals surface area contributed by atoms with Crippen LogP contribution in [0.5, 0.6) is 0 Å². The first-order valence-electron chi connectivity index (χ1n) is 8.93. The standard InChI is InChI=1S/C20H25FN4O.HI/c1-22-20(24-12-19-18(21)8-5-10-23-19)25-11-9-17(13-25)15-26-14-16-6-3-2-4-7-16;/h2-8,10,17H,9,11-15H2,1H3,(H,22,24);1H. The molecule has 1 saturated heterocycles. The van der Waals surface area contributed by atoms with E-state index in [2.05, 4.69) is 32.3 Å². The quantitative estimate of drug-likeness (QED) is 0.388. The number of benzene rings is 1. The predicted molar refractivity (Wildman–Crippen MR) is 116 cm³/mol. The largest absolute Gasteiger partial charge is 0.376 e. The van der Waals surface area contributed by atoms with Crippen molar-refractivity contribution in [2.75, 3.05) is 26.7 Å². The van der Waals surface area contributed by atoms with E-state index in [0.717, 1.165) is 32.1 Å². The lowest BCUT2D eigenvalue weighted by Gasteiger charge is -2.21. The van der Waals surface area contributed by atoms with E-state index in [1.54, 1.807) is 19.3 Å². The Bertz CT molecular complexity index is 729. The minimum atomic E-state index is -0.302. The number of pyridine rings is 1. The zero-order valence-electron chi connectivity index (χ0n) is 15.5. The molecule has 1 aromatic heterocycles. The maximum absolute atomic E-state index is 13.7. The van der Waals surface area contributed by atoms with Crippen LogP contribution < -0.4 is 5.32 Å². The number of hydrogen-bond donors (Lipinski definition) is 1. The summed E-state index contributed by atoms with van der Waals surface area (Å²) in [5, 5.41) is 3.20. The summed E-state index contributed by atoms with van der Waals surface area (Å²) in [7, 11) is 1.75. The topological polar surface area (TPSA) is 49.8 Å². The van der Waals surface area contributed by atoms with Gasteiger partial charge in [0.15, 0.2) is 5.96 Å². The third-order valence-corrected chi connectivity index (χ3v) is 4.51. The zero-order valence-corrected chi connectivity index (χ0v) is 17.8. The Hall–Kier alpha value is -1.74. The van der Waals surface area contributed by atoms with Gasteiger partial charge < -0.3 is 15.0 Å². The number of ether oxygens (including phenoxy) is 1. The molecule has 1 unspecified atom stereocenters. The number of aliphatic imine (C=N–C) groups is 1. The van der Waals surface area contributed by atoms with Crippen LogP contribution >= 0.6 is 24.0 Å². The summed E-state index contributed by atoms with van der Waals surface area (Å²) in [6.45, 7) is 3.51. The van der Waals surface area contributed by atoms with Crippen LogP contribution in [0.25, 0.3) is 0 Å². The monoisotopic (exact) mass is 484 g/mol. The van der Waals surface area contributed by atoms with E-state index < -0.39 is 0 Å². The Morgan fingerprint density at radius 1 is 1.30 bits per heavy atom. The van der Waals surface area contributed by atoms with Crippen molar-refractivity contribution < 1.29 is 9.13 Å². The minimum absolute atomic E-state index is 0. The van der Waals surface area contributed by atoms with Gasteiger partial charge >= 0.3 is 0 Å². The molecule has 1 fully saturated rings. The molecular weight excluding hydrogens is 458 g/mol. The summed E-state index contributed by atoms with van der Waals surface area (Å²) < 4.78 is 19.6. The van der Waals surface area contributed by atoms with Crippen LogP contribution in [0, 0.1) is 11.7 Å². The number of halogens is 2. The molecule has 7 heteroatoms. The average Bonchev–Trinajstić information content (AvgIpc) is 3.13. The molecule has 0 aliphatic carbocycles. The number of nitrogens with one attached hydrogen (secondary N) is 1. The van der Waals surface area contributed by atoms with Crippen molar-refractivity contribution in [1.29, 1.82) is 0 Å². The highest BCUT2D eigenvalue weighted by Crippen LogP contribution is 2.17. The molecule has 1 aromatic carbocycles. The first kappa shape index (κ1) is 21.6. The van der Waals surface area contributed by atoms with Gasteiger partial charge in [0.25, 0.3) is 0 Å². The molecule has 0 spiro atoms. The summed E-state index contributed by atoms with van der Waals surface area (Å²) in [4.78, 5) is 10.6. The van der Waals surface area contributed by atoms with Gasteiger partial charge in [-0.1, -0.05) is 30.3 Å². The lowest BCUT2D eigenvalue weighted by Crippen LogP contribution is -2.40. The second-order valence-corrected chi connectivity index (χ2v) is 6.43. The number of hydrogen-bond acceptors (Lipinski definition) is 3. The zero-order chi connectivity index (χ0) is 18.2. The van der Waals surface area contributed by atoms with Gasteiger partial charge in [-0.15, -0.1) is 24.0 Å². The van der Waals surface area contributed by atoms with Gasteiger partial charge in [0.2, 0.25) is 0 Å². The van der Waals surface area contributed by atoms with Gasteiger partial charge in [-0.25, -0.2) is 4.39 Å². The third kappa shape index (κ3) is 6.42. The van der Waals surface area contributed by atoms with Crippen LogP contribution in [-0.2, 0) is 17.9 Å². The summed E-state index contributed by atoms with van der Waals surface area (Å²) in [6, 6.07) is 13.2. The third-order valence-electron chi connectivity index (χ3n) is 4.51. The van der Waals surface area contributed by atoms with Crippen molar-refractivity contribution in [3.63, 3.8) is 0 Å². The van der Waals surface area contributed by atoms with E-state index in [4.69, 9.17) is 4.74 Å². The lowest BCUT2D eigenvalue weighted by atomic mass is 10.1. The average molecular weight is 484 g/mol. The van der Waals surface area contributed by atoms with Crippen molar-refractivity contribution in [2.24, 2.45) is 10.9 Å². The van der Waals surface area contributed by atoms with Gasteiger partial charge in [0.05, 0.1) is 25.5 Å². The van der Waals surface area contributed by atoms with Gasteiger partial charge in [-0.2, -0.15) is 0 Å². The van der Waals surface area contributed by atoms with Crippen molar-refractivity contribution >= 4 is 29.9 Å². The number of nitrogens with zero attached hydrogens (tertiary/aromatic N) is 3. The minimum Gasteiger partial charge on any atom is -0.376 e. The molecule has 27 heavy (non-hydrogen) atoms. The second kappa shape index (κ2) is 11.2. The molecule has 0 saturated carbocycles. The molecule has 1 N–H and O–H groups in total. The molecule has 1 atom stereocenters.